The van der Waals surface area contributed by atoms with Crippen LogP contribution >= 0.6 is 0 Å². The maximum absolute atomic E-state index is 13.7. The Kier molecular flexibility index (Phi) is 5.22. The predicted molar refractivity (Wildman–Crippen MR) is 114 cm³/mol. The lowest BCUT2D eigenvalue weighted by Crippen LogP contribution is -2.51. The first kappa shape index (κ1) is 21.9. The molecule has 0 unspecified atom stereocenters. The van der Waals surface area contributed by atoms with Crippen LogP contribution < -0.4 is 0 Å². The van der Waals surface area contributed by atoms with E-state index in [9.17, 15) is 27.6 Å². The maximum atomic E-state index is 13.7. The summed E-state index contributed by atoms with van der Waals surface area (Å²) in [5, 5.41) is 6.19. The molecule has 34 heavy (non-hydrogen) atoms. The van der Waals surface area contributed by atoms with Crippen molar-refractivity contribution in [1.29, 1.82) is 0 Å². The molecule has 0 bridgehead atoms. The molecule has 0 radical (unpaired) electrons. The van der Waals surface area contributed by atoms with Crippen LogP contribution in [0.3, 0.4) is 0 Å². The van der Waals surface area contributed by atoms with Gasteiger partial charge in [-0.1, -0.05) is 36.4 Å². The van der Waals surface area contributed by atoms with Gasteiger partial charge >= 0.3 is 6.18 Å². The van der Waals surface area contributed by atoms with Crippen molar-refractivity contribution < 1.29 is 27.6 Å². The Morgan fingerprint density at radius 1 is 0.912 bits per heavy atom. The molecule has 7 nitrogen and oxygen atoms in total. The molecule has 2 aliphatic rings. The Morgan fingerprint density at radius 2 is 1.62 bits per heavy atom. The number of benzene rings is 2. The molecular weight excluding hydrogens is 449 g/mol. The van der Waals surface area contributed by atoms with Gasteiger partial charge in [0.25, 0.3) is 5.91 Å². The number of carbonyl (C=O) groups is 3. The number of rotatable bonds is 4. The van der Waals surface area contributed by atoms with Crippen LogP contribution in [-0.4, -0.2) is 37.5 Å². The molecule has 0 saturated carbocycles. The van der Waals surface area contributed by atoms with Crippen LogP contribution in [-0.2, 0) is 28.9 Å². The van der Waals surface area contributed by atoms with Gasteiger partial charge in [-0.15, -0.1) is 0 Å². The highest BCUT2D eigenvalue weighted by molar-refractivity contribution is 6.04. The molecule has 3 heterocycles. The predicted octanol–water partition coefficient (Wildman–Crippen LogP) is 4.03. The average molecular weight is 468 g/mol. The lowest BCUT2D eigenvalue weighted by atomic mass is 10.0. The zero-order chi connectivity index (χ0) is 24.0. The van der Waals surface area contributed by atoms with Crippen molar-refractivity contribution in [2.45, 2.75) is 38.5 Å². The van der Waals surface area contributed by atoms with Crippen LogP contribution in [0.4, 0.5) is 13.2 Å². The third-order valence-electron chi connectivity index (χ3n) is 5.93. The number of nitrogens with zero attached hydrogens (tertiary/aromatic N) is 4. The zero-order valence-corrected chi connectivity index (χ0v) is 17.9. The van der Waals surface area contributed by atoms with E-state index in [1.54, 1.807) is 36.4 Å². The summed E-state index contributed by atoms with van der Waals surface area (Å²) < 4.78 is 42.0. The minimum Gasteiger partial charge on any atom is -0.273 e. The molecule has 1 saturated heterocycles. The number of hydrazine groups is 1. The van der Waals surface area contributed by atoms with Gasteiger partial charge in [0.05, 0.1) is 18.8 Å². The number of aromatic nitrogens is 2. The molecule has 1 aromatic heterocycles. The molecule has 2 aromatic carbocycles. The minimum absolute atomic E-state index is 0.0175. The monoisotopic (exact) mass is 468 g/mol. The lowest BCUT2D eigenvalue weighted by Gasteiger charge is -2.32. The molecule has 1 fully saturated rings. The van der Waals surface area contributed by atoms with Crippen molar-refractivity contribution in [2.75, 3.05) is 0 Å². The Bertz CT molecular complexity index is 1280. The zero-order valence-electron chi connectivity index (χ0n) is 17.9. The fraction of sp³-hybridized carbons (Fsp3) is 0.250. The van der Waals surface area contributed by atoms with Crippen molar-refractivity contribution in [3.05, 3.63) is 77.0 Å². The molecule has 3 aromatic rings. The van der Waals surface area contributed by atoms with Crippen molar-refractivity contribution >= 4 is 17.7 Å². The fourth-order valence-corrected chi connectivity index (χ4v) is 4.30. The molecule has 0 aliphatic carbocycles. The molecule has 174 valence electrons. The average Bonchev–Trinajstić information content (AvgIpc) is 3.36. The Hall–Kier alpha value is -3.95. The number of hydrogen-bond donors (Lipinski definition) is 0. The Morgan fingerprint density at radius 3 is 2.29 bits per heavy atom. The van der Waals surface area contributed by atoms with E-state index >= 15 is 0 Å². The van der Waals surface area contributed by atoms with Crippen molar-refractivity contribution in [2.24, 2.45) is 0 Å². The standard InChI is InChI=1S/C24H19F3N4O3/c25-24(26,27)20-12-19(28-29(20)13-15-5-2-1-3-6-15)16-9-10-18-17(11-16)14-30(23(18)34)31-21(32)7-4-8-22(31)33/h1-3,5-6,9-12H,4,7-8,13-14H2. The topological polar surface area (TPSA) is 75.5 Å². The molecule has 0 N–H and O–H groups in total. The molecule has 0 spiro atoms. The number of piperidine rings is 1. The third-order valence-corrected chi connectivity index (χ3v) is 5.93. The highest BCUT2D eigenvalue weighted by Gasteiger charge is 2.40. The molecular formula is C24H19F3N4O3. The summed E-state index contributed by atoms with van der Waals surface area (Å²) in [7, 11) is 0. The van der Waals surface area contributed by atoms with Crippen LogP contribution in [0.1, 0.15) is 46.4 Å². The number of imide groups is 1. The Labute approximate surface area is 192 Å². The van der Waals surface area contributed by atoms with Crippen LogP contribution in [0.5, 0.6) is 0 Å². The fourth-order valence-electron chi connectivity index (χ4n) is 4.30. The second kappa shape index (κ2) is 8.12. The number of fused-ring (bicyclic) bond motifs is 1. The second-order valence-corrected chi connectivity index (χ2v) is 8.24. The Balaban J connectivity index is 1.47. The van der Waals surface area contributed by atoms with Gasteiger partial charge in [0, 0.05) is 24.0 Å². The summed E-state index contributed by atoms with van der Waals surface area (Å²) >= 11 is 0. The molecule has 3 amide bonds. The number of amides is 3. The van der Waals surface area contributed by atoms with E-state index in [2.05, 4.69) is 5.10 Å². The van der Waals surface area contributed by atoms with Crippen molar-refractivity contribution in [1.82, 2.24) is 19.8 Å². The molecule has 2 aliphatic heterocycles. The highest BCUT2D eigenvalue weighted by atomic mass is 19.4. The number of carbonyl (C=O) groups excluding carboxylic acids is 3. The summed E-state index contributed by atoms with van der Waals surface area (Å²) in [6.07, 6.45) is -3.80. The normalized spacial score (nSPS) is 16.4. The van der Waals surface area contributed by atoms with Crippen molar-refractivity contribution in [3.8, 4) is 11.3 Å². The number of halogens is 3. The smallest absolute Gasteiger partial charge is 0.273 e. The summed E-state index contributed by atoms with van der Waals surface area (Å²) in [5.41, 5.74) is 1.13. The van der Waals surface area contributed by atoms with Gasteiger partial charge in [-0.25, -0.2) is 5.01 Å². The van der Waals surface area contributed by atoms with E-state index in [-0.39, 0.29) is 31.6 Å². The summed E-state index contributed by atoms with van der Waals surface area (Å²) in [4.78, 5) is 37.3. The molecule has 10 heteroatoms. The number of hydrogen-bond acceptors (Lipinski definition) is 4. The van der Waals surface area contributed by atoms with Crippen LogP contribution in [0, 0.1) is 0 Å². The minimum atomic E-state index is -4.60. The summed E-state index contributed by atoms with van der Waals surface area (Å²) in [6.45, 7) is -0.0671. The first-order valence-electron chi connectivity index (χ1n) is 10.7. The van der Waals surface area contributed by atoms with Gasteiger partial charge in [-0.2, -0.15) is 23.3 Å². The summed E-state index contributed by atoms with van der Waals surface area (Å²) in [6, 6.07) is 14.3. The van der Waals surface area contributed by atoms with E-state index in [0.29, 0.717) is 28.7 Å². The first-order valence-corrected chi connectivity index (χ1v) is 10.7. The second-order valence-electron chi connectivity index (χ2n) is 8.24. The molecule has 5 rings (SSSR count). The van der Waals surface area contributed by atoms with E-state index in [0.717, 1.165) is 20.8 Å². The van der Waals surface area contributed by atoms with Gasteiger partial charge in [0.15, 0.2) is 0 Å². The van der Waals surface area contributed by atoms with Crippen LogP contribution in [0.15, 0.2) is 54.6 Å². The third kappa shape index (κ3) is 3.85. The van der Waals surface area contributed by atoms with Gasteiger partial charge in [-0.3, -0.25) is 19.1 Å². The first-order chi connectivity index (χ1) is 16.2. The van der Waals surface area contributed by atoms with E-state index in [4.69, 9.17) is 0 Å². The maximum Gasteiger partial charge on any atom is 0.433 e. The van der Waals surface area contributed by atoms with Gasteiger partial charge in [-0.05, 0) is 35.7 Å². The number of alkyl halides is 3. The van der Waals surface area contributed by atoms with E-state index in [1.807, 2.05) is 0 Å². The van der Waals surface area contributed by atoms with Gasteiger partial charge in [0.1, 0.15) is 5.69 Å². The largest absolute Gasteiger partial charge is 0.433 e. The van der Waals surface area contributed by atoms with Crippen molar-refractivity contribution in [3.63, 3.8) is 0 Å². The highest BCUT2D eigenvalue weighted by Crippen LogP contribution is 2.35. The van der Waals surface area contributed by atoms with Gasteiger partial charge in [0.2, 0.25) is 11.8 Å². The van der Waals surface area contributed by atoms with Crippen LogP contribution in [0.25, 0.3) is 11.3 Å². The van der Waals surface area contributed by atoms with E-state index in [1.165, 1.54) is 12.1 Å². The quantitative estimate of drug-likeness (QED) is 0.542. The lowest BCUT2D eigenvalue weighted by molar-refractivity contribution is -0.163. The summed E-state index contributed by atoms with van der Waals surface area (Å²) in [5.74, 6) is -1.37. The van der Waals surface area contributed by atoms with Gasteiger partial charge < -0.3 is 0 Å². The van der Waals surface area contributed by atoms with Crippen LogP contribution in [0.2, 0.25) is 0 Å². The SMILES string of the molecule is O=C1c2ccc(-c3cc(C(F)(F)F)n(Cc4ccccc4)n3)cc2CN1N1C(=O)CCCC1=O. The van der Waals surface area contributed by atoms with E-state index < -0.39 is 29.6 Å². The molecule has 0 atom stereocenters.